The number of pyridine rings is 1. The molecule has 2 aromatic heterocycles. The molecule has 3 heterocycles. The third-order valence-electron chi connectivity index (χ3n) is 7.26. The second kappa shape index (κ2) is 10.3. The van der Waals surface area contributed by atoms with Gasteiger partial charge >= 0.3 is 0 Å². The van der Waals surface area contributed by atoms with Crippen LogP contribution in [0.5, 0.6) is 11.5 Å². The number of carbonyl (C=O) groups excluding carboxylic acids is 1. The monoisotopic (exact) mass is 544 g/mol. The summed E-state index contributed by atoms with van der Waals surface area (Å²) < 4.78 is 40.8. The van der Waals surface area contributed by atoms with Gasteiger partial charge in [-0.25, -0.2) is 18.1 Å². The predicted octanol–water partition coefficient (Wildman–Crippen LogP) is 3.89. The van der Waals surface area contributed by atoms with Gasteiger partial charge in [-0.1, -0.05) is 24.3 Å². The molecule has 0 atom stereocenters. The van der Waals surface area contributed by atoms with Gasteiger partial charge in [0.15, 0.2) is 11.5 Å². The molecular weight excluding hydrogens is 516 g/mol. The number of aryl methyl sites for hydroxylation is 1. The lowest BCUT2D eigenvalue weighted by Gasteiger charge is -2.15. The second-order valence-electron chi connectivity index (χ2n) is 9.84. The van der Waals surface area contributed by atoms with E-state index >= 15 is 0 Å². The first-order valence-corrected chi connectivity index (χ1v) is 14.4. The van der Waals surface area contributed by atoms with Crippen molar-refractivity contribution in [2.75, 3.05) is 13.3 Å². The fraction of sp³-hybridized carbons (Fsp3) is 0.276. The summed E-state index contributed by atoms with van der Waals surface area (Å²) in [4.78, 5) is 22.3. The lowest BCUT2D eigenvalue weighted by atomic mass is 9.88. The minimum Gasteiger partial charge on any atom is -0.454 e. The van der Waals surface area contributed by atoms with Crippen LogP contribution in [0.25, 0.3) is 11.3 Å². The third kappa shape index (κ3) is 5.30. The highest BCUT2D eigenvalue weighted by molar-refractivity contribution is 7.89. The van der Waals surface area contributed by atoms with Crippen LogP contribution in [0.3, 0.4) is 0 Å². The highest BCUT2D eigenvalue weighted by Gasteiger charge is 2.51. The van der Waals surface area contributed by atoms with Crippen molar-refractivity contribution in [3.05, 3.63) is 90.6 Å². The maximum Gasteiger partial charge on any atom is 0.240 e. The van der Waals surface area contributed by atoms with Gasteiger partial charge < -0.3 is 14.0 Å². The van der Waals surface area contributed by atoms with Crippen molar-refractivity contribution in [1.82, 2.24) is 19.3 Å². The number of fused-ring (bicyclic) bond motifs is 1. The summed E-state index contributed by atoms with van der Waals surface area (Å²) in [7, 11) is -3.62. The number of ether oxygens (including phenoxy) is 2. The van der Waals surface area contributed by atoms with Crippen LogP contribution in [0.15, 0.2) is 84.3 Å². The lowest BCUT2D eigenvalue weighted by Crippen LogP contribution is -2.25. The number of sulfonamides is 1. The number of aromatic nitrogens is 3. The Bertz CT molecular complexity index is 1600. The molecule has 4 aromatic rings. The number of nitrogens with one attached hydrogen (secondary N) is 1. The van der Waals surface area contributed by atoms with Crippen LogP contribution < -0.4 is 14.2 Å². The van der Waals surface area contributed by atoms with Gasteiger partial charge in [0.05, 0.1) is 22.3 Å². The molecule has 2 aliphatic rings. The second-order valence-corrected chi connectivity index (χ2v) is 11.6. The molecule has 0 amide bonds. The van der Waals surface area contributed by atoms with Crippen LogP contribution in [-0.2, 0) is 33.2 Å². The number of Topliss-reactive ketones (excluding diaryl/α,β-unsaturated/α-hetero) is 1. The molecule has 6 rings (SSSR count). The fourth-order valence-corrected chi connectivity index (χ4v) is 5.97. The molecule has 200 valence electrons. The Balaban J connectivity index is 1.10. The number of rotatable bonds is 11. The van der Waals surface area contributed by atoms with Crippen molar-refractivity contribution < 1.29 is 22.7 Å². The summed E-state index contributed by atoms with van der Waals surface area (Å²) in [6.07, 6.45) is 7.72. The highest BCUT2D eigenvalue weighted by Crippen LogP contribution is 2.51. The first-order chi connectivity index (χ1) is 18.9. The van der Waals surface area contributed by atoms with E-state index in [1.54, 1.807) is 36.8 Å². The van der Waals surface area contributed by atoms with Crippen LogP contribution in [-0.4, -0.2) is 42.1 Å². The van der Waals surface area contributed by atoms with Crippen molar-refractivity contribution in [1.29, 1.82) is 0 Å². The molecule has 0 radical (unpaired) electrons. The van der Waals surface area contributed by atoms with E-state index in [1.165, 1.54) is 0 Å². The van der Waals surface area contributed by atoms with Crippen LogP contribution in [0, 0.1) is 0 Å². The Morgan fingerprint density at radius 2 is 1.85 bits per heavy atom. The molecule has 9 nitrogen and oxygen atoms in total. The fourth-order valence-electron chi connectivity index (χ4n) is 4.90. The molecule has 2 aromatic carbocycles. The van der Waals surface area contributed by atoms with Gasteiger partial charge in [0, 0.05) is 43.2 Å². The van der Waals surface area contributed by atoms with Crippen molar-refractivity contribution in [2.45, 2.75) is 42.5 Å². The molecule has 1 aliphatic carbocycles. The van der Waals surface area contributed by atoms with Crippen molar-refractivity contribution >= 4 is 15.8 Å². The van der Waals surface area contributed by atoms with Gasteiger partial charge in [0.25, 0.3) is 0 Å². The molecule has 39 heavy (non-hydrogen) atoms. The number of hydrogen-bond acceptors (Lipinski definition) is 7. The Morgan fingerprint density at radius 1 is 1.03 bits per heavy atom. The number of benzene rings is 2. The van der Waals surface area contributed by atoms with E-state index in [2.05, 4.69) is 9.71 Å². The predicted molar refractivity (Wildman–Crippen MR) is 144 cm³/mol. The first-order valence-electron chi connectivity index (χ1n) is 12.9. The number of imidazole rings is 1. The molecule has 1 fully saturated rings. The minimum atomic E-state index is -3.62. The van der Waals surface area contributed by atoms with Gasteiger partial charge in [-0.15, -0.1) is 0 Å². The van der Waals surface area contributed by atoms with Crippen LogP contribution >= 0.6 is 0 Å². The number of ketones is 1. The average Bonchev–Trinajstić information content (AvgIpc) is 3.35. The standard InChI is InChI=1S/C29H28N4O5S/c34-28(29(11-12-29)22-7-10-26-27(17-22)38-20-37-26)18-23-3-1-4-25(32-23)21-5-8-24(9-6-21)39(35,36)31-13-2-15-33-16-14-30-19-33/h1,3-10,14,16-17,19,31H,2,11-13,15,18,20H2. The van der Waals surface area contributed by atoms with E-state index < -0.39 is 15.4 Å². The van der Waals surface area contributed by atoms with Gasteiger partial charge in [-0.3, -0.25) is 9.78 Å². The average molecular weight is 545 g/mol. The van der Waals surface area contributed by atoms with E-state index in [9.17, 15) is 13.2 Å². The maximum atomic E-state index is 13.4. The molecule has 1 N–H and O–H groups in total. The largest absolute Gasteiger partial charge is 0.454 e. The number of hydrogen-bond donors (Lipinski definition) is 1. The van der Waals surface area contributed by atoms with E-state index in [1.807, 2.05) is 47.2 Å². The first kappa shape index (κ1) is 25.3. The third-order valence-corrected chi connectivity index (χ3v) is 8.74. The SMILES string of the molecule is O=C(Cc1cccc(-c2ccc(S(=O)(=O)NCCCn3ccnc3)cc2)n1)C1(c2ccc3c(c2)OCO3)CC1. The summed E-state index contributed by atoms with van der Waals surface area (Å²) in [6, 6.07) is 17.9. The summed E-state index contributed by atoms with van der Waals surface area (Å²) in [5.41, 5.74) is 2.60. The van der Waals surface area contributed by atoms with Crippen LogP contribution in [0.4, 0.5) is 0 Å². The zero-order valence-electron chi connectivity index (χ0n) is 21.2. The molecule has 0 saturated heterocycles. The molecular formula is C29H28N4O5S. The Kier molecular flexibility index (Phi) is 6.66. The Labute approximate surface area is 226 Å². The number of carbonyl (C=O) groups is 1. The van der Waals surface area contributed by atoms with Gasteiger partial charge in [0.2, 0.25) is 16.8 Å². The zero-order chi connectivity index (χ0) is 26.9. The van der Waals surface area contributed by atoms with Gasteiger partial charge in [-0.05, 0) is 61.2 Å². The number of nitrogens with zero attached hydrogens (tertiary/aromatic N) is 3. The van der Waals surface area contributed by atoms with E-state index in [-0.39, 0.29) is 23.9 Å². The molecule has 0 spiro atoms. The summed E-state index contributed by atoms with van der Waals surface area (Å²) in [6.45, 7) is 1.21. The Hall–Kier alpha value is -4.02. The molecule has 0 unspecified atom stereocenters. The topological polar surface area (TPSA) is 112 Å². The van der Waals surface area contributed by atoms with E-state index in [0.717, 1.165) is 24.0 Å². The lowest BCUT2D eigenvalue weighted by molar-refractivity contribution is -0.120. The zero-order valence-corrected chi connectivity index (χ0v) is 22.1. The molecule has 0 bridgehead atoms. The normalized spacial score (nSPS) is 15.3. The van der Waals surface area contributed by atoms with Gasteiger partial charge in [-0.2, -0.15) is 0 Å². The molecule has 1 saturated carbocycles. The summed E-state index contributed by atoms with van der Waals surface area (Å²) >= 11 is 0. The smallest absolute Gasteiger partial charge is 0.240 e. The van der Waals surface area contributed by atoms with Crippen molar-refractivity contribution in [3.63, 3.8) is 0 Å². The van der Waals surface area contributed by atoms with Gasteiger partial charge in [0.1, 0.15) is 5.78 Å². The van der Waals surface area contributed by atoms with E-state index in [4.69, 9.17) is 14.5 Å². The maximum absolute atomic E-state index is 13.4. The molecule has 10 heteroatoms. The van der Waals surface area contributed by atoms with Crippen molar-refractivity contribution in [2.24, 2.45) is 0 Å². The quantitative estimate of drug-likeness (QED) is 0.285. The van der Waals surface area contributed by atoms with Crippen LogP contribution in [0.2, 0.25) is 0 Å². The minimum absolute atomic E-state index is 0.131. The summed E-state index contributed by atoms with van der Waals surface area (Å²) in [5.74, 6) is 1.52. The summed E-state index contributed by atoms with van der Waals surface area (Å²) in [5, 5.41) is 0. The Morgan fingerprint density at radius 3 is 2.62 bits per heavy atom. The van der Waals surface area contributed by atoms with E-state index in [0.29, 0.717) is 42.4 Å². The molecule has 1 aliphatic heterocycles. The van der Waals surface area contributed by atoms with Crippen LogP contribution in [0.1, 0.15) is 30.5 Å². The van der Waals surface area contributed by atoms with Crippen molar-refractivity contribution in [3.8, 4) is 22.8 Å². The highest BCUT2D eigenvalue weighted by atomic mass is 32.2.